The molecule has 0 aliphatic carbocycles. The maximum absolute atomic E-state index is 12.9. The third-order valence-electron chi connectivity index (χ3n) is 4.75. The molecule has 0 saturated carbocycles. The van der Waals surface area contributed by atoms with Crippen LogP contribution in [0, 0.1) is 16.7 Å². The molecule has 0 aromatic carbocycles. The summed E-state index contributed by atoms with van der Waals surface area (Å²) in [4.78, 5) is 34.0. The van der Waals surface area contributed by atoms with E-state index in [0.29, 0.717) is 34.0 Å². The number of rotatable bonds is 5. The summed E-state index contributed by atoms with van der Waals surface area (Å²) in [6.07, 6.45) is 1.55. The van der Waals surface area contributed by atoms with Crippen molar-refractivity contribution in [3.63, 3.8) is 0 Å². The zero-order chi connectivity index (χ0) is 24.4. The van der Waals surface area contributed by atoms with E-state index in [1.165, 1.54) is 15.9 Å². The van der Waals surface area contributed by atoms with Gasteiger partial charge in [-0.3, -0.25) is 14.2 Å². The van der Waals surface area contributed by atoms with Crippen LogP contribution in [-0.4, -0.2) is 33.5 Å². The molecule has 0 spiro atoms. The Balaban J connectivity index is 1.98. The molecule has 3 rings (SSSR count). The lowest BCUT2D eigenvalue weighted by molar-refractivity contribution is -0.123. The van der Waals surface area contributed by atoms with Gasteiger partial charge in [-0.25, -0.2) is 9.98 Å². The topological polar surface area (TPSA) is 121 Å². The number of ether oxygens (including phenoxy) is 1. The minimum absolute atomic E-state index is 0.148. The number of hydrogen-bond acceptors (Lipinski definition) is 8. The molecule has 1 aliphatic heterocycles. The Morgan fingerprint density at radius 2 is 2.06 bits per heavy atom. The van der Waals surface area contributed by atoms with E-state index in [2.05, 4.69) is 26.7 Å². The van der Waals surface area contributed by atoms with Crippen LogP contribution in [0.1, 0.15) is 41.5 Å². The van der Waals surface area contributed by atoms with Crippen LogP contribution in [0.2, 0.25) is 0 Å². The largest absolute Gasteiger partial charge is 0.474 e. The first kappa shape index (κ1) is 24.2. The fourth-order valence-electron chi connectivity index (χ4n) is 2.92. The highest BCUT2D eigenvalue weighted by Gasteiger charge is 2.29. The van der Waals surface area contributed by atoms with Crippen molar-refractivity contribution in [2.45, 2.75) is 53.6 Å². The maximum atomic E-state index is 12.9. The van der Waals surface area contributed by atoms with Crippen LogP contribution in [0.25, 0.3) is 11.8 Å². The van der Waals surface area contributed by atoms with Crippen LogP contribution in [0.15, 0.2) is 28.0 Å². The van der Waals surface area contributed by atoms with Crippen molar-refractivity contribution in [2.24, 2.45) is 10.4 Å². The van der Waals surface area contributed by atoms with Crippen LogP contribution in [0.5, 0.6) is 0 Å². The van der Waals surface area contributed by atoms with Gasteiger partial charge in [-0.15, -0.1) is 11.3 Å². The van der Waals surface area contributed by atoms with E-state index >= 15 is 0 Å². The molecule has 0 saturated heterocycles. The summed E-state index contributed by atoms with van der Waals surface area (Å²) in [5, 5.41) is 15.6. The monoisotopic (exact) mass is 468 g/mol. The smallest absolute Gasteiger partial charge is 0.270 e. The summed E-state index contributed by atoms with van der Waals surface area (Å²) in [5.74, 6) is 0.984. The van der Waals surface area contributed by atoms with Gasteiger partial charge in [-0.1, -0.05) is 26.8 Å². The van der Waals surface area contributed by atoms with Crippen molar-refractivity contribution in [1.29, 1.82) is 5.26 Å². The summed E-state index contributed by atoms with van der Waals surface area (Å²) in [5.41, 5.74) is -0.948. The van der Waals surface area contributed by atoms with Gasteiger partial charge in [0.25, 0.3) is 5.56 Å². The standard InChI is InChI=1S/C23H28N6O3S/c1-7-29-19(30)15(33-20(29)14(11-24)18-28-23(5,6)13-32-18)12-25-16-9-8-10-17(26-16)27-21(31)22(2,3)4/h8-10,12H,7,13H2,1-6H3,(H2,25,26,27,31)/b15-12+,20-14-. The lowest BCUT2D eigenvalue weighted by Gasteiger charge is -2.17. The van der Waals surface area contributed by atoms with Gasteiger partial charge in [-0.2, -0.15) is 5.26 Å². The summed E-state index contributed by atoms with van der Waals surface area (Å²) in [6.45, 7) is 11.9. The Labute approximate surface area is 196 Å². The summed E-state index contributed by atoms with van der Waals surface area (Å²) < 4.78 is 8.06. The first-order valence-corrected chi connectivity index (χ1v) is 11.4. The Morgan fingerprint density at radius 3 is 2.64 bits per heavy atom. The van der Waals surface area contributed by atoms with Crippen LogP contribution < -0.4 is 25.4 Å². The Hall–Kier alpha value is -3.45. The van der Waals surface area contributed by atoms with Crippen LogP contribution in [0.3, 0.4) is 0 Å². The van der Waals surface area contributed by atoms with Gasteiger partial charge in [0.05, 0.1) is 5.54 Å². The molecule has 1 amide bonds. The highest BCUT2D eigenvalue weighted by molar-refractivity contribution is 7.07. The van der Waals surface area contributed by atoms with E-state index in [1.807, 2.05) is 41.5 Å². The van der Waals surface area contributed by atoms with Gasteiger partial charge in [0.15, 0.2) is 0 Å². The highest BCUT2D eigenvalue weighted by Crippen LogP contribution is 2.20. The normalized spacial score (nSPS) is 16.5. The number of hydrogen-bond donors (Lipinski definition) is 2. The second-order valence-electron chi connectivity index (χ2n) is 9.23. The van der Waals surface area contributed by atoms with E-state index in [0.717, 1.165) is 0 Å². The molecule has 2 N–H and O–H groups in total. The zero-order valence-corrected chi connectivity index (χ0v) is 20.5. The molecule has 0 atom stereocenters. The average Bonchev–Trinajstić information content (AvgIpc) is 3.25. The first-order valence-electron chi connectivity index (χ1n) is 10.6. The molecule has 0 bridgehead atoms. The number of carbonyl (C=O) groups is 1. The van der Waals surface area contributed by atoms with E-state index in [9.17, 15) is 14.9 Å². The molecule has 0 unspecified atom stereocenters. The number of pyridine rings is 1. The number of carbonyl (C=O) groups excluding carboxylic acids is 1. The maximum Gasteiger partial charge on any atom is 0.270 e. The Bertz CT molecular complexity index is 1320. The summed E-state index contributed by atoms with van der Waals surface area (Å²) in [7, 11) is 0. The van der Waals surface area contributed by atoms with Crippen LogP contribution in [-0.2, 0) is 16.1 Å². The zero-order valence-electron chi connectivity index (χ0n) is 19.6. The fourth-order valence-corrected chi connectivity index (χ4v) is 4.00. The minimum atomic E-state index is -0.548. The molecule has 2 aromatic rings. The SMILES string of the molecule is CCn1c(=O)/c(=C\Nc2cccc(NC(=O)C(C)(C)C)n2)s/c1=C(/C#N)C1=NC(C)(C)CO1. The molecule has 0 fully saturated rings. The second-order valence-corrected chi connectivity index (χ2v) is 10.3. The van der Waals surface area contributed by atoms with E-state index in [-0.39, 0.29) is 22.9 Å². The van der Waals surface area contributed by atoms with Gasteiger partial charge in [0.2, 0.25) is 11.8 Å². The first-order chi connectivity index (χ1) is 15.4. The second kappa shape index (κ2) is 9.19. The molecular weight excluding hydrogens is 440 g/mol. The molecule has 0 radical (unpaired) electrons. The molecule has 3 heterocycles. The quantitative estimate of drug-likeness (QED) is 0.693. The predicted molar refractivity (Wildman–Crippen MR) is 130 cm³/mol. The lowest BCUT2D eigenvalue weighted by Crippen LogP contribution is -2.32. The highest BCUT2D eigenvalue weighted by atomic mass is 32.1. The van der Waals surface area contributed by atoms with Crippen molar-refractivity contribution in [3.8, 4) is 6.07 Å². The van der Waals surface area contributed by atoms with Gasteiger partial charge in [0, 0.05) is 18.2 Å². The minimum Gasteiger partial charge on any atom is -0.474 e. The third kappa shape index (κ3) is 5.49. The Morgan fingerprint density at radius 1 is 1.36 bits per heavy atom. The summed E-state index contributed by atoms with van der Waals surface area (Å²) >= 11 is 1.18. The number of aliphatic imine (C=N–C) groups is 1. The number of nitriles is 1. The van der Waals surface area contributed by atoms with Gasteiger partial charge in [-0.05, 0) is 32.9 Å². The van der Waals surface area contributed by atoms with Gasteiger partial charge >= 0.3 is 0 Å². The molecule has 33 heavy (non-hydrogen) atoms. The van der Waals surface area contributed by atoms with Crippen molar-refractivity contribution in [3.05, 3.63) is 37.7 Å². The van der Waals surface area contributed by atoms with Crippen LogP contribution >= 0.6 is 11.3 Å². The van der Waals surface area contributed by atoms with Crippen molar-refractivity contribution >= 4 is 46.6 Å². The fraction of sp³-hybridized carbons (Fsp3) is 0.435. The van der Waals surface area contributed by atoms with Crippen molar-refractivity contribution in [2.75, 3.05) is 17.2 Å². The van der Waals surface area contributed by atoms with E-state index < -0.39 is 11.0 Å². The van der Waals surface area contributed by atoms with Crippen molar-refractivity contribution < 1.29 is 9.53 Å². The molecular formula is C23H28N6O3S. The van der Waals surface area contributed by atoms with Crippen molar-refractivity contribution in [1.82, 2.24) is 9.55 Å². The van der Waals surface area contributed by atoms with Gasteiger partial charge < -0.3 is 15.4 Å². The molecule has 2 aromatic heterocycles. The molecule has 9 nitrogen and oxygen atoms in total. The number of aromatic nitrogens is 2. The van der Waals surface area contributed by atoms with E-state index in [4.69, 9.17) is 4.74 Å². The number of thiazole rings is 1. The molecule has 1 aliphatic rings. The predicted octanol–water partition coefficient (Wildman–Crippen LogP) is 2.04. The molecule has 10 heteroatoms. The molecule has 174 valence electrons. The Kier molecular flexibility index (Phi) is 6.74. The van der Waals surface area contributed by atoms with E-state index in [1.54, 1.807) is 24.4 Å². The average molecular weight is 469 g/mol. The number of anilines is 2. The van der Waals surface area contributed by atoms with Gasteiger partial charge in [0.1, 0.15) is 39.1 Å². The third-order valence-corrected chi connectivity index (χ3v) is 5.88. The number of amides is 1. The van der Waals surface area contributed by atoms with Crippen LogP contribution in [0.4, 0.5) is 11.6 Å². The summed E-state index contributed by atoms with van der Waals surface area (Å²) in [6, 6.07) is 7.33. The number of nitrogens with one attached hydrogen (secondary N) is 2. The lowest BCUT2D eigenvalue weighted by atomic mass is 9.96. The number of nitrogens with zero attached hydrogens (tertiary/aromatic N) is 4.